The Morgan fingerprint density at radius 3 is 2.54 bits per heavy atom. The van der Waals surface area contributed by atoms with Gasteiger partial charge in [0.1, 0.15) is 5.56 Å². The quantitative estimate of drug-likeness (QED) is 0.526. The van der Waals surface area contributed by atoms with E-state index in [0.717, 1.165) is 10.6 Å². The summed E-state index contributed by atoms with van der Waals surface area (Å²) in [7, 11) is 0. The number of hydrogen-bond donors (Lipinski definition) is 0. The fraction of sp³-hybridized carbons (Fsp3) is 0.167. The molecule has 5 nitrogen and oxygen atoms in total. The Morgan fingerprint density at radius 1 is 1.12 bits per heavy atom. The van der Waals surface area contributed by atoms with Crippen molar-refractivity contribution in [1.29, 1.82) is 0 Å². The van der Waals surface area contributed by atoms with Crippen LogP contribution in [0.15, 0.2) is 48.7 Å². The van der Waals surface area contributed by atoms with Gasteiger partial charge in [-0.15, -0.1) is 11.3 Å². The number of nitrogens with zero attached hydrogens (tertiary/aromatic N) is 2. The summed E-state index contributed by atoms with van der Waals surface area (Å²) in [5.74, 6) is -0.745. The highest BCUT2D eigenvalue weighted by atomic mass is 32.1. The SMILES string of the molecule is Cc1ccc(C(=O)COC(=O)c2cnn(-c3ccccc3)c2C)s1. The lowest BCUT2D eigenvalue weighted by Crippen LogP contribution is -2.14. The smallest absolute Gasteiger partial charge is 0.342 e. The van der Waals surface area contributed by atoms with Crippen molar-refractivity contribution >= 4 is 23.1 Å². The predicted molar refractivity (Wildman–Crippen MR) is 92.0 cm³/mol. The number of aromatic nitrogens is 2. The standard InChI is InChI=1S/C18H16N2O3S/c1-12-8-9-17(24-12)16(21)11-23-18(22)15-10-19-20(13(15)2)14-6-4-3-5-7-14/h3-10H,11H2,1-2H3. The minimum absolute atomic E-state index is 0.199. The third-order valence-corrected chi connectivity index (χ3v) is 4.62. The predicted octanol–water partition coefficient (Wildman–Crippen LogP) is 3.59. The molecule has 0 bridgehead atoms. The number of esters is 1. The molecule has 1 aromatic carbocycles. The number of ether oxygens (including phenoxy) is 1. The van der Waals surface area contributed by atoms with Gasteiger partial charge in [0.2, 0.25) is 5.78 Å². The van der Waals surface area contributed by atoms with Gasteiger partial charge >= 0.3 is 5.97 Å². The Balaban J connectivity index is 1.70. The molecular weight excluding hydrogens is 324 g/mol. The maximum Gasteiger partial charge on any atom is 0.342 e. The fourth-order valence-corrected chi connectivity index (χ4v) is 3.10. The minimum Gasteiger partial charge on any atom is -0.454 e. The molecule has 0 fully saturated rings. The molecule has 0 aliphatic carbocycles. The molecule has 0 aliphatic heterocycles. The van der Waals surface area contributed by atoms with Gasteiger partial charge in [-0.3, -0.25) is 4.79 Å². The first kappa shape index (κ1) is 16.1. The van der Waals surface area contributed by atoms with E-state index in [0.29, 0.717) is 16.1 Å². The topological polar surface area (TPSA) is 61.2 Å². The van der Waals surface area contributed by atoms with Crippen molar-refractivity contribution in [2.45, 2.75) is 13.8 Å². The monoisotopic (exact) mass is 340 g/mol. The maximum absolute atomic E-state index is 12.2. The third kappa shape index (κ3) is 3.28. The molecule has 0 atom stereocenters. The zero-order valence-corrected chi connectivity index (χ0v) is 14.2. The lowest BCUT2D eigenvalue weighted by molar-refractivity contribution is 0.0475. The summed E-state index contributed by atoms with van der Waals surface area (Å²) >= 11 is 1.39. The minimum atomic E-state index is -0.545. The van der Waals surface area contributed by atoms with Gasteiger partial charge in [-0.1, -0.05) is 18.2 Å². The van der Waals surface area contributed by atoms with Gasteiger partial charge in [-0.25, -0.2) is 9.48 Å². The zero-order valence-electron chi connectivity index (χ0n) is 13.4. The van der Waals surface area contributed by atoms with Crippen molar-refractivity contribution in [3.8, 4) is 5.69 Å². The molecule has 0 radical (unpaired) electrons. The van der Waals surface area contributed by atoms with Gasteiger partial charge in [0.25, 0.3) is 0 Å². The van der Waals surface area contributed by atoms with Crippen LogP contribution in [0.5, 0.6) is 0 Å². The zero-order chi connectivity index (χ0) is 17.1. The van der Waals surface area contributed by atoms with Crippen molar-refractivity contribution in [3.63, 3.8) is 0 Å². The molecular formula is C18H16N2O3S. The van der Waals surface area contributed by atoms with Gasteiger partial charge in [0.15, 0.2) is 6.61 Å². The van der Waals surface area contributed by atoms with Crippen LogP contribution >= 0.6 is 11.3 Å². The number of thiophene rings is 1. The van der Waals surface area contributed by atoms with Crippen LogP contribution in [-0.4, -0.2) is 28.1 Å². The van der Waals surface area contributed by atoms with Gasteiger partial charge in [0.05, 0.1) is 22.5 Å². The summed E-state index contributed by atoms with van der Waals surface area (Å²) in [6.07, 6.45) is 1.46. The van der Waals surface area contributed by atoms with Crippen LogP contribution in [-0.2, 0) is 4.74 Å². The number of rotatable bonds is 5. The molecule has 0 N–H and O–H groups in total. The van der Waals surface area contributed by atoms with Crippen molar-refractivity contribution in [2.75, 3.05) is 6.61 Å². The van der Waals surface area contributed by atoms with Gasteiger partial charge in [-0.2, -0.15) is 5.10 Å². The highest BCUT2D eigenvalue weighted by molar-refractivity contribution is 7.14. The molecule has 0 spiro atoms. The molecule has 122 valence electrons. The fourth-order valence-electron chi connectivity index (χ4n) is 2.30. The Hall–Kier alpha value is -2.73. The summed E-state index contributed by atoms with van der Waals surface area (Å²) in [4.78, 5) is 25.9. The van der Waals surface area contributed by atoms with Crippen LogP contribution in [0.3, 0.4) is 0 Å². The number of benzene rings is 1. The molecule has 0 unspecified atom stereocenters. The van der Waals surface area contributed by atoms with Crippen LogP contribution in [0.2, 0.25) is 0 Å². The number of carbonyl (C=O) groups is 2. The summed E-state index contributed by atoms with van der Waals surface area (Å²) in [6.45, 7) is 3.45. The lowest BCUT2D eigenvalue weighted by Gasteiger charge is -2.05. The van der Waals surface area contributed by atoms with Crippen molar-refractivity contribution in [2.24, 2.45) is 0 Å². The van der Waals surface area contributed by atoms with E-state index in [-0.39, 0.29) is 12.4 Å². The molecule has 2 heterocycles. The number of Topliss-reactive ketones (excluding diaryl/α,β-unsaturated/α-hetero) is 1. The molecule has 3 rings (SSSR count). The highest BCUT2D eigenvalue weighted by Crippen LogP contribution is 2.17. The average molecular weight is 340 g/mol. The van der Waals surface area contributed by atoms with E-state index in [4.69, 9.17) is 4.74 Å². The molecule has 0 saturated heterocycles. The van der Waals surface area contributed by atoms with Crippen LogP contribution in [0.1, 0.15) is 30.6 Å². The Morgan fingerprint density at radius 2 is 1.88 bits per heavy atom. The first-order valence-electron chi connectivity index (χ1n) is 7.43. The van der Waals surface area contributed by atoms with Gasteiger partial charge in [0, 0.05) is 4.88 Å². The maximum atomic E-state index is 12.2. The Bertz CT molecular complexity index is 881. The summed E-state index contributed by atoms with van der Waals surface area (Å²) in [6, 6.07) is 13.1. The van der Waals surface area contributed by atoms with Gasteiger partial charge < -0.3 is 4.74 Å². The van der Waals surface area contributed by atoms with Crippen LogP contribution in [0.4, 0.5) is 0 Å². The number of carbonyl (C=O) groups excluding carboxylic acids is 2. The second kappa shape index (κ2) is 6.80. The molecule has 2 aromatic heterocycles. The van der Waals surface area contributed by atoms with Crippen molar-refractivity contribution in [1.82, 2.24) is 9.78 Å². The highest BCUT2D eigenvalue weighted by Gasteiger charge is 2.18. The first-order valence-corrected chi connectivity index (χ1v) is 8.24. The molecule has 6 heteroatoms. The number of hydrogen-bond acceptors (Lipinski definition) is 5. The largest absolute Gasteiger partial charge is 0.454 e. The van der Waals surface area contributed by atoms with E-state index in [1.807, 2.05) is 43.3 Å². The molecule has 3 aromatic rings. The molecule has 0 aliphatic rings. The molecule has 0 amide bonds. The number of ketones is 1. The van der Waals surface area contributed by atoms with Crippen molar-refractivity contribution in [3.05, 3.63) is 69.7 Å². The van der Waals surface area contributed by atoms with E-state index in [9.17, 15) is 9.59 Å². The summed E-state index contributed by atoms with van der Waals surface area (Å²) in [5, 5.41) is 4.23. The third-order valence-electron chi connectivity index (χ3n) is 3.58. The Kier molecular flexibility index (Phi) is 4.57. The first-order chi connectivity index (χ1) is 11.6. The van der Waals surface area contributed by atoms with Crippen molar-refractivity contribution < 1.29 is 14.3 Å². The van der Waals surface area contributed by atoms with E-state index in [1.165, 1.54) is 17.5 Å². The Labute approximate surface area is 143 Å². The van der Waals surface area contributed by atoms with E-state index < -0.39 is 5.97 Å². The number of para-hydroxylation sites is 1. The summed E-state index contributed by atoms with van der Waals surface area (Å²) in [5.41, 5.74) is 1.89. The van der Waals surface area contributed by atoms with Crippen LogP contribution in [0, 0.1) is 13.8 Å². The second-order valence-corrected chi connectivity index (χ2v) is 6.59. The van der Waals surface area contributed by atoms with Crippen LogP contribution < -0.4 is 0 Å². The van der Waals surface area contributed by atoms with E-state index in [2.05, 4.69) is 5.10 Å². The average Bonchev–Trinajstić information content (AvgIpc) is 3.19. The molecule has 0 saturated carbocycles. The summed E-state index contributed by atoms with van der Waals surface area (Å²) < 4.78 is 6.82. The second-order valence-electron chi connectivity index (χ2n) is 5.30. The molecule has 24 heavy (non-hydrogen) atoms. The van der Waals surface area contributed by atoms with Gasteiger partial charge in [-0.05, 0) is 38.1 Å². The number of aryl methyl sites for hydroxylation is 1. The van der Waals surface area contributed by atoms with E-state index >= 15 is 0 Å². The normalized spacial score (nSPS) is 10.6. The van der Waals surface area contributed by atoms with E-state index in [1.54, 1.807) is 17.7 Å². The lowest BCUT2D eigenvalue weighted by atomic mass is 10.2. The van der Waals surface area contributed by atoms with Crippen LogP contribution in [0.25, 0.3) is 5.69 Å².